The van der Waals surface area contributed by atoms with Crippen molar-refractivity contribution in [3.8, 4) is 6.01 Å². The molecule has 0 radical (unpaired) electrons. The van der Waals surface area contributed by atoms with Gasteiger partial charge in [0.05, 0.1) is 24.0 Å². The zero-order valence-electron chi connectivity index (χ0n) is 13.2. The molecule has 2 aromatic rings. The number of hydrogen-bond donors (Lipinski definition) is 1. The van der Waals surface area contributed by atoms with Crippen molar-refractivity contribution in [2.24, 2.45) is 0 Å². The molecule has 7 heteroatoms. The van der Waals surface area contributed by atoms with Gasteiger partial charge in [0.2, 0.25) is 0 Å². The number of nitrogens with zero attached hydrogens (tertiary/aromatic N) is 3. The summed E-state index contributed by atoms with van der Waals surface area (Å²) in [4.78, 5) is 22.2. The maximum Gasteiger partial charge on any atom is 0.317 e. The Bertz CT molecular complexity index is 666. The minimum Gasteiger partial charge on any atom is -0.458 e. The number of amides is 2. The molecule has 1 aliphatic heterocycles. The molecule has 1 aromatic carbocycles. The first-order chi connectivity index (χ1) is 11.7. The third-order valence-electron chi connectivity index (χ3n) is 3.82. The van der Waals surface area contributed by atoms with E-state index in [-0.39, 0.29) is 18.1 Å². The lowest BCUT2D eigenvalue weighted by molar-refractivity contribution is 0.0938. The van der Waals surface area contributed by atoms with E-state index >= 15 is 0 Å². The molecule has 126 valence electrons. The van der Waals surface area contributed by atoms with Gasteiger partial charge in [0.25, 0.3) is 0 Å². The van der Waals surface area contributed by atoms with Gasteiger partial charge in [-0.2, -0.15) is 0 Å². The fourth-order valence-electron chi connectivity index (χ4n) is 2.61. The molecular weight excluding hydrogens is 328 g/mol. The van der Waals surface area contributed by atoms with E-state index in [2.05, 4.69) is 15.3 Å². The first kappa shape index (κ1) is 16.5. The quantitative estimate of drug-likeness (QED) is 0.924. The molecule has 1 aliphatic rings. The monoisotopic (exact) mass is 346 g/mol. The predicted octanol–water partition coefficient (Wildman–Crippen LogP) is 2.88. The highest BCUT2D eigenvalue weighted by Crippen LogP contribution is 2.16. The van der Waals surface area contributed by atoms with Crippen molar-refractivity contribution >= 4 is 17.6 Å². The SMILES string of the molecule is O=C(NCc1ccccc1)N1CCCC(Oc2ncc(Cl)cn2)C1. The van der Waals surface area contributed by atoms with Crippen LogP contribution in [-0.2, 0) is 6.54 Å². The molecule has 2 amide bonds. The molecule has 1 saturated heterocycles. The van der Waals surface area contributed by atoms with Gasteiger partial charge in [-0.1, -0.05) is 41.9 Å². The van der Waals surface area contributed by atoms with Crippen LogP contribution in [0.5, 0.6) is 6.01 Å². The third-order valence-corrected chi connectivity index (χ3v) is 4.02. The van der Waals surface area contributed by atoms with Crippen LogP contribution < -0.4 is 10.1 Å². The Labute approximate surface area is 145 Å². The summed E-state index contributed by atoms with van der Waals surface area (Å²) >= 11 is 5.76. The number of likely N-dealkylation sites (tertiary alicyclic amines) is 1. The van der Waals surface area contributed by atoms with Gasteiger partial charge in [-0.3, -0.25) is 0 Å². The van der Waals surface area contributed by atoms with Gasteiger partial charge in [0.1, 0.15) is 6.10 Å². The van der Waals surface area contributed by atoms with Gasteiger partial charge in [-0.15, -0.1) is 0 Å². The Morgan fingerprint density at radius 3 is 2.79 bits per heavy atom. The van der Waals surface area contributed by atoms with Crippen LogP contribution in [0.1, 0.15) is 18.4 Å². The lowest BCUT2D eigenvalue weighted by Crippen LogP contribution is -2.48. The van der Waals surface area contributed by atoms with E-state index < -0.39 is 0 Å². The summed E-state index contributed by atoms with van der Waals surface area (Å²) in [5, 5.41) is 3.41. The van der Waals surface area contributed by atoms with Crippen molar-refractivity contribution in [1.29, 1.82) is 0 Å². The largest absolute Gasteiger partial charge is 0.458 e. The van der Waals surface area contributed by atoms with E-state index in [1.807, 2.05) is 30.3 Å². The fourth-order valence-corrected chi connectivity index (χ4v) is 2.71. The molecule has 1 atom stereocenters. The Balaban J connectivity index is 1.51. The molecule has 1 fully saturated rings. The van der Waals surface area contributed by atoms with Crippen LogP contribution in [0.4, 0.5) is 4.79 Å². The standard InChI is InChI=1S/C17H19ClN4O2/c18-14-10-19-16(20-11-14)24-15-7-4-8-22(12-15)17(23)21-9-13-5-2-1-3-6-13/h1-3,5-6,10-11,15H,4,7-9,12H2,(H,21,23). The molecule has 1 N–H and O–H groups in total. The number of carbonyl (C=O) groups excluding carboxylic acids is 1. The average molecular weight is 347 g/mol. The molecule has 6 nitrogen and oxygen atoms in total. The van der Waals surface area contributed by atoms with Crippen molar-refractivity contribution in [3.05, 3.63) is 53.3 Å². The Morgan fingerprint density at radius 2 is 2.04 bits per heavy atom. The van der Waals surface area contributed by atoms with Crippen molar-refractivity contribution < 1.29 is 9.53 Å². The first-order valence-electron chi connectivity index (χ1n) is 7.91. The van der Waals surface area contributed by atoms with Crippen LogP contribution in [0.15, 0.2) is 42.7 Å². The number of rotatable bonds is 4. The van der Waals surface area contributed by atoms with E-state index in [0.717, 1.165) is 24.9 Å². The van der Waals surface area contributed by atoms with Crippen molar-refractivity contribution in [1.82, 2.24) is 20.2 Å². The molecule has 0 spiro atoms. The van der Waals surface area contributed by atoms with Gasteiger partial charge < -0.3 is 15.0 Å². The summed E-state index contributed by atoms with van der Waals surface area (Å²) in [5.41, 5.74) is 1.07. The first-order valence-corrected chi connectivity index (χ1v) is 8.29. The average Bonchev–Trinajstić information content (AvgIpc) is 2.63. The number of carbonyl (C=O) groups is 1. The molecule has 2 heterocycles. The number of hydrogen-bond acceptors (Lipinski definition) is 4. The molecule has 3 rings (SSSR count). The number of benzene rings is 1. The third kappa shape index (κ3) is 4.58. The number of urea groups is 1. The normalized spacial score (nSPS) is 17.4. The van der Waals surface area contributed by atoms with Crippen LogP contribution in [-0.4, -0.2) is 40.1 Å². The Hall–Kier alpha value is -2.34. The molecule has 0 saturated carbocycles. The van der Waals surface area contributed by atoms with E-state index in [1.165, 1.54) is 12.4 Å². The smallest absolute Gasteiger partial charge is 0.317 e. The van der Waals surface area contributed by atoms with Crippen molar-refractivity contribution in [3.63, 3.8) is 0 Å². The van der Waals surface area contributed by atoms with Crippen LogP contribution >= 0.6 is 11.6 Å². The number of piperidine rings is 1. The predicted molar refractivity (Wildman–Crippen MR) is 90.9 cm³/mol. The number of aromatic nitrogens is 2. The Morgan fingerprint density at radius 1 is 1.29 bits per heavy atom. The van der Waals surface area contributed by atoms with E-state index in [1.54, 1.807) is 4.90 Å². The summed E-state index contributed by atoms with van der Waals surface area (Å²) in [6, 6.07) is 10.0. The zero-order chi connectivity index (χ0) is 16.8. The second-order valence-electron chi connectivity index (χ2n) is 5.66. The second kappa shape index (κ2) is 7.97. The molecular formula is C17H19ClN4O2. The molecule has 24 heavy (non-hydrogen) atoms. The highest BCUT2D eigenvalue weighted by molar-refractivity contribution is 6.30. The lowest BCUT2D eigenvalue weighted by atomic mass is 10.1. The fraction of sp³-hybridized carbons (Fsp3) is 0.353. The van der Waals surface area contributed by atoms with Gasteiger partial charge >= 0.3 is 12.0 Å². The van der Waals surface area contributed by atoms with Crippen LogP contribution in [0.2, 0.25) is 5.02 Å². The maximum absolute atomic E-state index is 12.3. The number of nitrogens with one attached hydrogen (secondary N) is 1. The zero-order valence-corrected chi connectivity index (χ0v) is 13.9. The molecule has 1 unspecified atom stereocenters. The van der Waals surface area contributed by atoms with Crippen LogP contribution in [0, 0.1) is 0 Å². The van der Waals surface area contributed by atoms with Crippen molar-refractivity contribution in [2.45, 2.75) is 25.5 Å². The van der Waals surface area contributed by atoms with Crippen LogP contribution in [0.25, 0.3) is 0 Å². The van der Waals surface area contributed by atoms with E-state index in [9.17, 15) is 4.79 Å². The summed E-state index contributed by atoms with van der Waals surface area (Å²) in [6.07, 6.45) is 4.64. The summed E-state index contributed by atoms with van der Waals surface area (Å²) in [6.45, 7) is 1.76. The molecule has 0 aliphatic carbocycles. The van der Waals surface area contributed by atoms with Gasteiger partial charge in [0, 0.05) is 13.1 Å². The van der Waals surface area contributed by atoms with E-state index in [0.29, 0.717) is 18.1 Å². The highest BCUT2D eigenvalue weighted by Gasteiger charge is 2.25. The second-order valence-corrected chi connectivity index (χ2v) is 6.09. The van der Waals surface area contributed by atoms with E-state index in [4.69, 9.17) is 16.3 Å². The molecule has 1 aromatic heterocycles. The minimum absolute atomic E-state index is 0.0795. The maximum atomic E-state index is 12.3. The lowest BCUT2D eigenvalue weighted by Gasteiger charge is -2.32. The molecule has 0 bridgehead atoms. The Kier molecular flexibility index (Phi) is 5.48. The van der Waals surface area contributed by atoms with Crippen LogP contribution in [0.3, 0.4) is 0 Å². The van der Waals surface area contributed by atoms with Crippen molar-refractivity contribution in [2.75, 3.05) is 13.1 Å². The number of ether oxygens (including phenoxy) is 1. The minimum atomic E-state index is -0.109. The highest BCUT2D eigenvalue weighted by atomic mass is 35.5. The summed E-state index contributed by atoms with van der Waals surface area (Å²) in [5.74, 6) is 0. The summed E-state index contributed by atoms with van der Waals surface area (Å²) < 4.78 is 5.75. The number of halogens is 1. The van der Waals surface area contributed by atoms with Gasteiger partial charge in [0.15, 0.2) is 0 Å². The topological polar surface area (TPSA) is 67.4 Å². The van der Waals surface area contributed by atoms with Gasteiger partial charge in [-0.25, -0.2) is 14.8 Å². The summed E-state index contributed by atoms with van der Waals surface area (Å²) in [7, 11) is 0. The van der Waals surface area contributed by atoms with Gasteiger partial charge in [-0.05, 0) is 18.4 Å².